The van der Waals surface area contributed by atoms with Gasteiger partial charge in [-0.15, -0.1) is 5.10 Å². The van der Waals surface area contributed by atoms with Crippen molar-refractivity contribution in [3.05, 3.63) is 60.2 Å². The van der Waals surface area contributed by atoms with E-state index < -0.39 is 5.25 Å². The molecular weight excluding hydrogens is 364 g/mol. The molecule has 2 aromatic carbocycles. The van der Waals surface area contributed by atoms with Gasteiger partial charge >= 0.3 is 5.97 Å². The molecule has 1 aromatic heterocycles. The number of carbonyl (C=O) groups is 1. The lowest BCUT2D eigenvalue weighted by atomic mass is 10.1. The summed E-state index contributed by atoms with van der Waals surface area (Å²) in [5.74, 6) is 0.336. The fourth-order valence-electron chi connectivity index (χ4n) is 2.52. The average molecular weight is 384 g/mol. The van der Waals surface area contributed by atoms with Crippen molar-refractivity contribution in [2.75, 3.05) is 13.2 Å². The van der Waals surface area contributed by atoms with Crippen molar-refractivity contribution < 1.29 is 14.3 Å². The van der Waals surface area contributed by atoms with Crippen molar-refractivity contribution in [2.45, 2.75) is 24.3 Å². The molecule has 7 nitrogen and oxygen atoms in total. The number of carbonyl (C=O) groups excluding carboxylic acids is 1. The highest BCUT2D eigenvalue weighted by Gasteiger charge is 2.27. The van der Waals surface area contributed by atoms with Gasteiger partial charge < -0.3 is 9.47 Å². The first-order valence-corrected chi connectivity index (χ1v) is 9.51. The molecule has 0 bridgehead atoms. The van der Waals surface area contributed by atoms with Crippen LogP contribution in [0.25, 0.3) is 5.69 Å². The summed E-state index contributed by atoms with van der Waals surface area (Å²) in [7, 11) is 0. The summed E-state index contributed by atoms with van der Waals surface area (Å²) in [5, 5.41) is 11.9. The van der Waals surface area contributed by atoms with Gasteiger partial charge in [0.2, 0.25) is 5.16 Å². The molecule has 0 aliphatic carbocycles. The average Bonchev–Trinajstić information content (AvgIpc) is 3.16. The van der Waals surface area contributed by atoms with Gasteiger partial charge in [0.05, 0.1) is 13.2 Å². The van der Waals surface area contributed by atoms with Crippen LogP contribution < -0.4 is 4.74 Å². The number of hydrogen-bond donors (Lipinski definition) is 0. The third-order valence-electron chi connectivity index (χ3n) is 3.66. The SMILES string of the molecule is CCOC(=O)[C@H](Sc1nnnn1-c1ccccc1OCC)c1ccccc1. The Bertz CT molecular complexity index is 885. The minimum Gasteiger partial charge on any atom is -0.492 e. The number of aromatic nitrogens is 4. The van der Waals surface area contributed by atoms with E-state index in [9.17, 15) is 4.79 Å². The van der Waals surface area contributed by atoms with Crippen LogP contribution in [0.1, 0.15) is 24.7 Å². The van der Waals surface area contributed by atoms with Gasteiger partial charge in [0.25, 0.3) is 0 Å². The lowest BCUT2D eigenvalue weighted by Crippen LogP contribution is -2.14. The van der Waals surface area contributed by atoms with Gasteiger partial charge in [-0.05, 0) is 42.0 Å². The van der Waals surface area contributed by atoms with E-state index in [2.05, 4.69) is 15.5 Å². The maximum Gasteiger partial charge on any atom is 0.324 e. The maximum absolute atomic E-state index is 12.5. The molecule has 8 heteroatoms. The van der Waals surface area contributed by atoms with Gasteiger partial charge in [-0.3, -0.25) is 4.79 Å². The second kappa shape index (κ2) is 9.18. The van der Waals surface area contributed by atoms with Crippen LogP contribution in [0.5, 0.6) is 5.75 Å². The molecule has 0 amide bonds. The van der Waals surface area contributed by atoms with Crippen LogP contribution in [0.4, 0.5) is 0 Å². The van der Waals surface area contributed by atoms with Gasteiger partial charge in [-0.1, -0.05) is 54.2 Å². The zero-order valence-electron chi connectivity index (χ0n) is 15.1. The van der Waals surface area contributed by atoms with Crippen molar-refractivity contribution in [1.82, 2.24) is 20.2 Å². The van der Waals surface area contributed by atoms with Crippen LogP contribution in [-0.2, 0) is 9.53 Å². The molecule has 0 unspecified atom stereocenters. The Morgan fingerprint density at radius 3 is 2.56 bits per heavy atom. The van der Waals surface area contributed by atoms with E-state index in [1.54, 1.807) is 11.6 Å². The largest absolute Gasteiger partial charge is 0.492 e. The molecule has 0 radical (unpaired) electrons. The maximum atomic E-state index is 12.5. The van der Waals surface area contributed by atoms with Crippen LogP contribution in [0, 0.1) is 0 Å². The number of tetrazole rings is 1. The number of para-hydroxylation sites is 2. The van der Waals surface area contributed by atoms with E-state index in [1.807, 2.05) is 61.5 Å². The predicted molar refractivity (Wildman–Crippen MR) is 102 cm³/mol. The topological polar surface area (TPSA) is 79.1 Å². The van der Waals surface area contributed by atoms with Crippen molar-refractivity contribution >= 4 is 17.7 Å². The molecule has 0 aliphatic rings. The second-order valence-electron chi connectivity index (χ2n) is 5.43. The summed E-state index contributed by atoms with van der Waals surface area (Å²) in [4.78, 5) is 12.5. The van der Waals surface area contributed by atoms with Gasteiger partial charge in [-0.25, -0.2) is 0 Å². The molecule has 0 spiro atoms. The molecular formula is C19H20N4O3S. The molecule has 1 atom stereocenters. The standard InChI is InChI=1S/C19H20N4O3S/c1-3-25-16-13-9-8-12-15(16)23-19(20-21-22-23)27-17(18(24)26-4-2)14-10-6-5-7-11-14/h5-13,17H,3-4H2,1-2H3/t17-/m1/s1. The number of hydrogen-bond acceptors (Lipinski definition) is 7. The molecule has 3 rings (SSSR count). The molecule has 27 heavy (non-hydrogen) atoms. The fourth-order valence-corrected chi connectivity index (χ4v) is 3.50. The lowest BCUT2D eigenvalue weighted by molar-refractivity contribution is -0.142. The lowest BCUT2D eigenvalue weighted by Gasteiger charge is -2.16. The monoisotopic (exact) mass is 384 g/mol. The molecule has 0 fully saturated rings. The van der Waals surface area contributed by atoms with Gasteiger partial charge in [0, 0.05) is 0 Å². The molecule has 0 aliphatic heterocycles. The van der Waals surface area contributed by atoms with Crippen molar-refractivity contribution in [2.24, 2.45) is 0 Å². The van der Waals surface area contributed by atoms with E-state index in [0.717, 1.165) is 5.56 Å². The van der Waals surface area contributed by atoms with Crippen LogP contribution in [0.3, 0.4) is 0 Å². The minimum atomic E-state index is -0.574. The first-order valence-electron chi connectivity index (χ1n) is 8.63. The summed E-state index contributed by atoms with van der Waals surface area (Å²) >= 11 is 1.24. The van der Waals surface area contributed by atoms with Gasteiger partial charge in [0.15, 0.2) is 0 Å². The number of nitrogens with zero attached hydrogens (tertiary/aromatic N) is 4. The fraction of sp³-hybridized carbons (Fsp3) is 0.263. The number of ether oxygens (including phenoxy) is 2. The van der Waals surface area contributed by atoms with Gasteiger partial charge in [0.1, 0.15) is 16.7 Å². The number of rotatable bonds is 8. The van der Waals surface area contributed by atoms with Crippen LogP contribution in [0.2, 0.25) is 0 Å². The summed E-state index contributed by atoms with van der Waals surface area (Å²) in [5.41, 5.74) is 1.54. The number of thioether (sulfide) groups is 1. The summed E-state index contributed by atoms with van der Waals surface area (Å²) in [6.45, 7) is 4.53. The predicted octanol–water partition coefficient (Wildman–Crippen LogP) is 3.46. The smallest absolute Gasteiger partial charge is 0.324 e. The Morgan fingerprint density at radius 1 is 1.07 bits per heavy atom. The number of esters is 1. The molecule has 0 saturated carbocycles. The Balaban J connectivity index is 1.95. The Morgan fingerprint density at radius 2 is 1.81 bits per heavy atom. The van der Waals surface area contributed by atoms with Crippen molar-refractivity contribution in [1.29, 1.82) is 0 Å². The summed E-state index contributed by atoms with van der Waals surface area (Å²) in [6, 6.07) is 16.9. The molecule has 1 heterocycles. The van der Waals surface area contributed by atoms with E-state index in [0.29, 0.717) is 29.8 Å². The second-order valence-corrected chi connectivity index (χ2v) is 6.51. The highest BCUT2D eigenvalue weighted by atomic mass is 32.2. The summed E-state index contributed by atoms with van der Waals surface area (Å²) in [6.07, 6.45) is 0. The van der Waals surface area contributed by atoms with Crippen LogP contribution in [0.15, 0.2) is 59.8 Å². The van der Waals surface area contributed by atoms with Crippen LogP contribution in [-0.4, -0.2) is 39.4 Å². The zero-order chi connectivity index (χ0) is 19.1. The zero-order valence-corrected chi connectivity index (χ0v) is 15.9. The van der Waals surface area contributed by atoms with E-state index in [1.165, 1.54) is 11.8 Å². The quantitative estimate of drug-likeness (QED) is 0.435. The van der Waals surface area contributed by atoms with E-state index >= 15 is 0 Å². The molecule has 0 N–H and O–H groups in total. The number of benzene rings is 2. The first-order chi connectivity index (χ1) is 13.2. The van der Waals surface area contributed by atoms with E-state index in [4.69, 9.17) is 9.47 Å². The van der Waals surface area contributed by atoms with Crippen molar-refractivity contribution in [3.8, 4) is 11.4 Å². The third-order valence-corrected chi connectivity index (χ3v) is 4.83. The highest BCUT2D eigenvalue weighted by Crippen LogP contribution is 2.36. The minimum absolute atomic E-state index is 0.306. The molecule has 3 aromatic rings. The summed E-state index contributed by atoms with van der Waals surface area (Å²) < 4.78 is 12.5. The Kier molecular flexibility index (Phi) is 6.43. The third kappa shape index (κ3) is 4.46. The normalized spacial score (nSPS) is 11.8. The molecule has 0 saturated heterocycles. The first kappa shape index (κ1) is 18.9. The molecule has 140 valence electrons. The van der Waals surface area contributed by atoms with Gasteiger partial charge in [-0.2, -0.15) is 4.68 Å². The van der Waals surface area contributed by atoms with Crippen molar-refractivity contribution in [3.63, 3.8) is 0 Å². The van der Waals surface area contributed by atoms with Crippen LogP contribution >= 0.6 is 11.8 Å². The highest BCUT2D eigenvalue weighted by molar-refractivity contribution is 8.00. The Labute approximate surface area is 161 Å². The Hall–Kier alpha value is -2.87. The van der Waals surface area contributed by atoms with E-state index in [-0.39, 0.29) is 5.97 Å².